The fraction of sp³-hybridized carbons (Fsp3) is 0.375. The van der Waals surface area contributed by atoms with Crippen molar-refractivity contribution in [3.05, 3.63) is 65.2 Å². The maximum absolute atomic E-state index is 13.1. The van der Waals surface area contributed by atoms with E-state index in [0.29, 0.717) is 31.9 Å². The lowest BCUT2D eigenvalue weighted by atomic mass is 10.2. The maximum atomic E-state index is 13.1. The number of nitrogens with one attached hydrogen (secondary N) is 1. The molecule has 0 aliphatic carbocycles. The molecule has 0 spiro atoms. The second-order valence-corrected chi connectivity index (χ2v) is 9.32. The number of nitrogens with zero attached hydrogens (tertiary/aromatic N) is 4. The Bertz CT molecular complexity index is 1070. The molecule has 1 aromatic carbocycles. The second kappa shape index (κ2) is 9.26. The van der Waals surface area contributed by atoms with E-state index in [2.05, 4.69) is 27.2 Å². The Morgan fingerprint density at radius 1 is 1.06 bits per heavy atom. The summed E-state index contributed by atoms with van der Waals surface area (Å²) in [7, 11) is 0. The zero-order chi connectivity index (χ0) is 21.9. The van der Waals surface area contributed by atoms with Gasteiger partial charge in [0.1, 0.15) is 0 Å². The van der Waals surface area contributed by atoms with Gasteiger partial charge in [-0.3, -0.25) is 19.6 Å². The summed E-state index contributed by atoms with van der Waals surface area (Å²) in [6.07, 6.45) is 1.71. The first-order valence-corrected chi connectivity index (χ1v) is 12.0. The van der Waals surface area contributed by atoms with Crippen LogP contribution in [0.2, 0.25) is 0 Å². The van der Waals surface area contributed by atoms with Crippen LogP contribution in [0.5, 0.6) is 0 Å². The molecule has 32 heavy (non-hydrogen) atoms. The van der Waals surface area contributed by atoms with Crippen molar-refractivity contribution in [2.24, 2.45) is 0 Å². The van der Waals surface area contributed by atoms with Crippen molar-refractivity contribution in [3.8, 4) is 10.6 Å². The van der Waals surface area contributed by atoms with Crippen molar-refractivity contribution in [2.45, 2.75) is 25.4 Å². The molecule has 0 bridgehead atoms. The van der Waals surface area contributed by atoms with Crippen LogP contribution in [0, 0.1) is 0 Å². The van der Waals surface area contributed by atoms with Crippen LogP contribution in [0.1, 0.15) is 28.9 Å². The summed E-state index contributed by atoms with van der Waals surface area (Å²) in [6, 6.07) is 15.9. The first-order valence-electron chi connectivity index (χ1n) is 11.1. The highest BCUT2D eigenvalue weighted by Crippen LogP contribution is 2.24. The Hall–Kier alpha value is -2.97. The van der Waals surface area contributed by atoms with Gasteiger partial charge in [0, 0.05) is 39.3 Å². The summed E-state index contributed by atoms with van der Waals surface area (Å²) >= 11 is 1.62. The van der Waals surface area contributed by atoms with Gasteiger partial charge in [-0.25, -0.2) is 0 Å². The molecule has 0 unspecified atom stereocenters. The molecule has 4 heterocycles. The molecule has 2 amide bonds. The van der Waals surface area contributed by atoms with Gasteiger partial charge in [0.05, 0.1) is 16.6 Å². The second-order valence-electron chi connectivity index (χ2n) is 8.38. The van der Waals surface area contributed by atoms with Gasteiger partial charge >= 0.3 is 0 Å². The summed E-state index contributed by atoms with van der Waals surface area (Å²) in [6.45, 7) is 4.30. The van der Waals surface area contributed by atoms with Gasteiger partial charge < -0.3 is 9.80 Å². The van der Waals surface area contributed by atoms with Gasteiger partial charge in [-0.2, -0.15) is 5.10 Å². The van der Waals surface area contributed by atoms with Crippen molar-refractivity contribution in [3.63, 3.8) is 0 Å². The molecule has 1 N–H and O–H groups in total. The highest BCUT2D eigenvalue weighted by molar-refractivity contribution is 7.13. The number of benzene rings is 1. The number of likely N-dealkylation sites (tertiary alicyclic amines) is 1. The van der Waals surface area contributed by atoms with Gasteiger partial charge in [0.15, 0.2) is 5.69 Å². The van der Waals surface area contributed by atoms with E-state index in [-0.39, 0.29) is 17.9 Å². The Labute approximate surface area is 191 Å². The van der Waals surface area contributed by atoms with Crippen LogP contribution in [0.15, 0.2) is 53.9 Å². The maximum Gasteiger partial charge on any atom is 0.274 e. The molecule has 2 fully saturated rings. The van der Waals surface area contributed by atoms with Crippen molar-refractivity contribution in [2.75, 3.05) is 32.7 Å². The SMILES string of the molecule is O=C(c1cc(-c2cccs2)[nH]n1)N1CCCN([C@H]2CCN(Cc3ccccc3)C2=O)CC1. The molecule has 0 saturated carbocycles. The van der Waals surface area contributed by atoms with E-state index in [1.807, 2.05) is 51.6 Å². The summed E-state index contributed by atoms with van der Waals surface area (Å²) < 4.78 is 0. The molecule has 1 atom stereocenters. The number of aromatic nitrogens is 2. The van der Waals surface area contributed by atoms with E-state index in [1.165, 1.54) is 0 Å². The van der Waals surface area contributed by atoms with Crippen molar-refractivity contribution >= 4 is 23.2 Å². The molecule has 2 aliphatic heterocycles. The standard InChI is InChI=1S/C24H27N5O2S/c30-23(20-16-19(25-26-20)22-8-4-15-32-22)28-11-5-10-27(13-14-28)21-9-12-29(24(21)31)17-18-6-2-1-3-7-18/h1-4,6-8,15-16,21H,5,9-14,17H2,(H,25,26)/t21-/m0/s1. The van der Waals surface area contributed by atoms with Gasteiger partial charge in [0.2, 0.25) is 5.91 Å². The van der Waals surface area contributed by atoms with E-state index >= 15 is 0 Å². The number of hydrogen-bond donors (Lipinski definition) is 1. The third-order valence-corrected chi connectivity index (χ3v) is 7.23. The number of hydrogen-bond acceptors (Lipinski definition) is 5. The summed E-state index contributed by atoms with van der Waals surface area (Å²) in [5, 5.41) is 9.24. The average molecular weight is 450 g/mol. The molecule has 166 valence electrons. The van der Waals surface area contributed by atoms with Crippen LogP contribution in [-0.4, -0.2) is 75.5 Å². The van der Waals surface area contributed by atoms with Crippen molar-refractivity contribution in [1.82, 2.24) is 24.9 Å². The van der Waals surface area contributed by atoms with E-state index in [1.54, 1.807) is 11.3 Å². The molecule has 2 aromatic heterocycles. The van der Waals surface area contributed by atoms with Crippen molar-refractivity contribution in [1.29, 1.82) is 0 Å². The normalized spacial score (nSPS) is 20.0. The molecular weight excluding hydrogens is 422 g/mol. The Morgan fingerprint density at radius 3 is 2.75 bits per heavy atom. The fourth-order valence-corrected chi connectivity index (χ4v) is 5.32. The molecule has 0 radical (unpaired) electrons. The Kier molecular flexibility index (Phi) is 6.05. The lowest BCUT2D eigenvalue weighted by Crippen LogP contribution is -2.44. The average Bonchev–Trinajstić information content (AvgIpc) is 3.54. The molecule has 3 aromatic rings. The minimum atomic E-state index is -0.0791. The van der Waals surface area contributed by atoms with Crippen LogP contribution in [0.25, 0.3) is 10.6 Å². The first-order chi connectivity index (χ1) is 15.7. The van der Waals surface area contributed by atoms with Crippen LogP contribution in [0.4, 0.5) is 0 Å². The number of aromatic amines is 1. The van der Waals surface area contributed by atoms with E-state index in [0.717, 1.165) is 42.1 Å². The number of thiophene rings is 1. The Morgan fingerprint density at radius 2 is 1.94 bits per heavy atom. The van der Waals surface area contributed by atoms with Crippen LogP contribution < -0.4 is 0 Å². The van der Waals surface area contributed by atoms with Gasteiger partial charge in [-0.1, -0.05) is 36.4 Å². The van der Waals surface area contributed by atoms with Crippen LogP contribution in [-0.2, 0) is 11.3 Å². The summed E-state index contributed by atoms with van der Waals surface area (Å²) in [4.78, 5) is 33.3. The minimum absolute atomic E-state index is 0.0469. The third-order valence-electron chi connectivity index (χ3n) is 6.33. The highest BCUT2D eigenvalue weighted by atomic mass is 32.1. The lowest BCUT2D eigenvalue weighted by Gasteiger charge is -2.26. The molecule has 8 heteroatoms. The van der Waals surface area contributed by atoms with E-state index in [4.69, 9.17) is 0 Å². The van der Waals surface area contributed by atoms with Gasteiger partial charge in [0.25, 0.3) is 5.91 Å². The largest absolute Gasteiger partial charge is 0.337 e. The van der Waals surface area contributed by atoms with Gasteiger partial charge in [-0.15, -0.1) is 11.3 Å². The number of carbonyl (C=O) groups excluding carboxylic acids is 2. The highest BCUT2D eigenvalue weighted by Gasteiger charge is 2.36. The molecule has 7 nitrogen and oxygen atoms in total. The number of rotatable bonds is 5. The quantitative estimate of drug-likeness (QED) is 0.650. The Balaban J connectivity index is 1.19. The minimum Gasteiger partial charge on any atom is -0.337 e. The number of H-pyrrole nitrogens is 1. The number of amides is 2. The lowest BCUT2D eigenvalue weighted by molar-refractivity contribution is -0.132. The molecule has 2 aliphatic rings. The number of carbonyl (C=O) groups is 2. The summed E-state index contributed by atoms with van der Waals surface area (Å²) in [5.74, 6) is 0.163. The molecular formula is C24H27N5O2S. The third kappa shape index (κ3) is 4.33. The fourth-order valence-electron chi connectivity index (χ4n) is 4.63. The zero-order valence-electron chi connectivity index (χ0n) is 17.9. The molecule has 5 rings (SSSR count). The van der Waals surface area contributed by atoms with E-state index < -0.39 is 0 Å². The molecule has 2 saturated heterocycles. The topological polar surface area (TPSA) is 72.5 Å². The smallest absolute Gasteiger partial charge is 0.274 e. The first kappa shape index (κ1) is 20.9. The van der Waals surface area contributed by atoms with Crippen molar-refractivity contribution < 1.29 is 9.59 Å². The zero-order valence-corrected chi connectivity index (χ0v) is 18.8. The van der Waals surface area contributed by atoms with Crippen LogP contribution >= 0.6 is 11.3 Å². The predicted molar refractivity (Wildman–Crippen MR) is 124 cm³/mol. The van der Waals surface area contributed by atoms with E-state index in [9.17, 15) is 9.59 Å². The van der Waals surface area contributed by atoms with Gasteiger partial charge in [-0.05, 0) is 35.9 Å². The predicted octanol–water partition coefficient (Wildman–Crippen LogP) is 3.09. The monoisotopic (exact) mass is 449 g/mol. The van der Waals surface area contributed by atoms with Crippen LogP contribution in [0.3, 0.4) is 0 Å². The summed E-state index contributed by atoms with van der Waals surface area (Å²) in [5.41, 5.74) is 2.48.